The molecular weight excluding hydrogens is 388 g/mol. The summed E-state index contributed by atoms with van der Waals surface area (Å²) < 4.78 is 12.7. The van der Waals surface area contributed by atoms with E-state index in [2.05, 4.69) is 107 Å². The second kappa shape index (κ2) is 10.4. The van der Waals surface area contributed by atoms with Crippen LogP contribution in [-0.2, 0) is 8.85 Å². The normalized spacial score (nSPS) is 13.0. The van der Waals surface area contributed by atoms with E-state index in [4.69, 9.17) is 8.85 Å². The molecular formula is C25H38O2Si2. The SMILES string of the molecule is CC(C)(C)[Si](C)(C)O/C=C\CCCCO[Si](C)(c1ccccc1)c1ccccc1. The second-order valence-corrected chi connectivity index (χ2v) is 17.6. The molecule has 0 aliphatic carbocycles. The van der Waals surface area contributed by atoms with Gasteiger partial charge in [0.1, 0.15) is 0 Å². The second-order valence-electron chi connectivity index (χ2n) is 9.36. The molecule has 0 fully saturated rings. The summed E-state index contributed by atoms with van der Waals surface area (Å²) in [7, 11) is -3.85. The van der Waals surface area contributed by atoms with Crippen molar-refractivity contribution in [2.24, 2.45) is 0 Å². The van der Waals surface area contributed by atoms with Crippen molar-refractivity contribution in [1.29, 1.82) is 0 Å². The first-order valence-corrected chi connectivity index (χ1v) is 16.1. The summed E-state index contributed by atoms with van der Waals surface area (Å²) >= 11 is 0. The van der Waals surface area contributed by atoms with Gasteiger partial charge in [-0.3, -0.25) is 0 Å². The molecule has 0 aromatic heterocycles. The van der Waals surface area contributed by atoms with E-state index in [-0.39, 0.29) is 5.04 Å². The summed E-state index contributed by atoms with van der Waals surface area (Å²) in [5, 5.41) is 2.90. The molecule has 2 aromatic rings. The molecule has 0 N–H and O–H groups in total. The van der Waals surface area contributed by atoms with Gasteiger partial charge >= 0.3 is 0 Å². The number of unbranched alkanes of at least 4 members (excludes halogenated alkanes) is 2. The lowest BCUT2D eigenvalue weighted by atomic mass is 10.2. The molecule has 4 heteroatoms. The Morgan fingerprint density at radius 1 is 0.793 bits per heavy atom. The smallest absolute Gasteiger partial charge is 0.252 e. The Kier molecular flexibility index (Phi) is 8.50. The predicted molar refractivity (Wildman–Crippen MR) is 131 cm³/mol. The maximum atomic E-state index is 6.60. The lowest BCUT2D eigenvalue weighted by Gasteiger charge is -2.34. The summed E-state index contributed by atoms with van der Waals surface area (Å²) in [6.07, 6.45) is 7.32. The van der Waals surface area contributed by atoms with E-state index in [1.54, 1.807) is 0 Å². The topological polar surface area (TPSA) is 18.5 Å². The maximum Gasteiger partial charge on any atom is 0.252 e. The largest absolute Gasteiger partial charge is 0.549 e. The van der Waals surface area contributed by atoms with Crippen LogP contribution in [0.3, 0.4) is 0 Å². The van der Waals surface area contributed by atoms with Gasteiger partial charge in [-0.2, -0.15) is 0 Å². The van der Waals surface area contributed by atoms with E-state index in [0.29, 0.717) is 0 Å². The molecule has 0 unspecified atom stereocenters. The third-order valence-electron chi connectivity index (χ3n) is 6.07. The number of benzene rings is 2. The van der Waals surface area contributed by atoms with Gasteiger partial charge in [-0.15, -0.1) is 0 Å². The summed E-state index contributed by atoms with van der Waals surface area (Å²) in [5.41, 5.74) is 0. The molecule has 29 heavy (non-hydrogen) atoms. The molecule has 0 amide bonds. The molecule has 0 bridgehead atoms. The van der Waals surface area contributed by atoms with Crippen LogP contribution in [0, 0.1) is 0 Å². The van der Waals surface area contributed by atoms with E-state index in [1.807, 2.05) is 6.26 Å². The van der Waals surface area contributed by atoms with Crippen molar-refractivity contribution in [2.45, 2.75) is 64.7 Å². The number of hydrogen-bond acceptors (Lipinski definition) is 2. The lowest BCUT2D eigenvalue weighted by Crippen LogP contribution is -2.58. The molecule has 0 saturated carbocycles. The van der Waals surface area contributed by atoms with Crippen LogP contribution >= 0.6 is 0 Å². The first-order valence-electron chi connectivity index (χ1n) is 10.7. The van der Waals surface area contributed by atoms with Gasteiger partial charge in [-0.1, -0.05) is 87.5 Å². The van der Waals surface area contributed by atoms with Crippen molar-refractivity contribution in [3.05, 3.63) is 73.0 Å². The Labute approximate surface area is 180 Å². The fraction of sp³-hybridized carbons (Fsp3) is 0.440. The molecule has 0 spiro atoms. The van der Waals surface area contributed by atoms with Crippen LogP contribution < -0.4 is 10.4 Å². The molecule has 0 radical (unpaired) electrons. The number of allylic oxidation sites excluding steroid dienone is 1. The van der Waals surface area contributed by atoms with Crippen LogP contribution in [0.25, 0.3) is 0 Å². The van der Waals surface area contributed by atoms with E-state index in [1.165, 1.54) is 10.4 Å². The number of rotatable bonds is 10. The quantitative estimate of drug-likeness (QED) is 0.260. The highest BCUT2D eigenvalue weighted by atomic mass is 28.4. The van der Waals surface area contributed by atoms with Gasteiger partial charge in [0.25, 0.3) is 8.32 Å². The van der Waals surface area contributed by atoms with Crippen molar-refractivity contribution in [3.63, 3.8) is 0 Å². The third kappa shape index (κ3) is 6.70. The van der Waals surface area contributed by atoms with E-state index in [9.17, 15) is 0 Å². The summed E-state index contributed by atoms with van der Waals surface area (Å²) in [4.78, 5) is 0. The van der Waals surface area contributed by atoms with Crippen LogP contribution in [0.2, 0.25) is 24.7 Å². The molecule has 0 aliphatic rings. The Morgan fingerprint density at radius 2 is 1.31 bits per heavy atom. The predicted octanol–water partition coefficient (Wildman–Crippen LogP) is 6.10. The van der Waals surface area contributed by atoms with Crippen LogP contribution in [0.4, 0.5) is 0 Å². The van der Waals surface area contributed by atoms with Crippen molar-refractivity contribution >= 4 is 27.0 Å². The summed E-state index contributed by atoms with van der Waals surface area (Å²) in [5.74, 6) is 0. The average molecular weight is 427 g/mol. The minimum atomic E-state index is -2.16. The minimum Gasteiger partial charge on any atom is -0.549 e. The molecule has 2 nitrogen and oxygen atoms in total. The minimum absolute atomic E-state index is 0.245. The molecule has 2 aromatic carbocycles. The summed E-state index contributed by atoms with van der Waals surface area (Å²) in [6.45, 7) is 14.5. The monoisotopic (exact) mass is 426 g/mol. The Hall–Kier alpha value is -1.63. The maximum absolute atomic E-state index is 6.60. The van der Waals surface area contributed by atoms with Gasteiger partial charge in [0, 0.05) is 6.61 Å². The Balaban J connectivity index is 1.85. The standard InChI is InChI=1S/C25H38O2Si2/c1-25(2,3)28(4,5)26-21-15-7-8-16-22-27-29(6,23-17-11-9-12-18-23)24-19-13-10-14-20-24/h9-15,17-21H,7-8,16,22H2,1-6H3/b21-15-. The highest BCUT2D eigenvalue weighted by Crippen LogP contribution is 2.36. The Bertz CT molecular complexity index is 710. The molecule has 0 heterocycles. The van der Waals surface area contributed by atoms with Crippen LogP contribution in [0.1, 0.15) is 40.0 Å². The highest BCUT2D eigenvalue weighted by Gasteiger charge is 2.38. The Morgan fingerprint density at radius 3 is 1.79 bits per heavy atom. The first-order chi connectivity index (χ1) is 13.7. The molecule has 0 saturated heterocycles. The molecule has 0 atom stereocenters. The van der Waals surface area contributed by atoms with Gasteiger partial charge in [0.2, 0.25) is 8.32 Å². The van der Waals surface area contributed by atoms with Crippen LogP contribution in [-0.4, -0.2) is 23.2 Å². The van der Waals surface area contributed by atoms with Crippen molar-refractivity contribution in [1.82, 2.24) is 0 Å². The van der Waals surface area contributed by atoms with E-state index < -0.39 is 16.6 Å². The van der Waals surface area contributed by atoms with Crippen molar-refractivity contribution < 1.29 is 8.85 Å². The summed E-state index contributed by atoms with van der Waals surface area (Å²) in [6, 6.07) is 21.4. The van der Waals surface area contributed by atoms with Crippen molar-refractivity contribution in [2.75, 3.05) is 6.61 Å². The van der Waals surface area contributed by atoms with Gasteiger partial charge in [0.15, 0.2) is 0 Å². The fourth-order valence-electron chi connectivity index (χ4n) is 2.95. The average Bonchev–Trinajstić information content (AvgIpc) is 2.70. The van der Waals surface area contributed by atoms with Gasteiger partial charge in [-0.25, -0.2) is 0 Å². The van der Waals surface area contributed by atoms with E-state index in [0.717, 1.165) is 25.9 Å². The van der Waals surface area contributed by atoms with Crippen LogP contribution in [0.15, 0.2) is 73.0 Å². The zero-order valence-corrected chi connectivity index (χ0v) is 21.1. The highest BCUT2D eigenvalue weighted by molar-refractivity contribution is 6.96. The zero-order valence-electron chi connectivity index (χ0n) is 19.1. The third-order valence-corrected chi connectivity index (χ3v) is 14.1. The van der Waals surface area contributed by atoms with E-state index >= 15 is 0 Å². The molecule has 2 rings (SSSR count). The van der Waals surface area contributed by atoms with Gasteiger partial charge in [0.05, 0.1) is 6.26 Å². The molecule has 158 valence electrons. The van der Waals surface area contributed by atoms with Crippen molar-refractivity contribution in [3.8, 4) is 0 Å². The first kappa shape index (κ1) is 23.7. The number of hydrogen-bond donors (Lipinski definition) is 0. The van der Waals surface area contributed by atoms with Crippen LogP contribution in [0.5, 0.6) is 0 Å². The lowest BCUT2D eigenvalue weighted by molar-refractivity contribution is 0.308. The van der Waals surface area contributed by atoms with Gasteiger partial charge < -0.3 is 8.85 Å². The molecule has 0 aliphatic heterocycles. The fourth-order valence-corrected chi connectivity index (χ4v) is 6.62. The van der Waals surface area contributed by atoms with Gasteiger partial charge in [-0.05, 0) is 54.3 Å². The zero-order chi connectivity index (χ0) is 21.4.